The minimum atomic E-state index is -0.179. The monoisotopic (exact) mass is 932 g/mol. The van der Waals surface area contributed by atoms with Crippen LogP contribution in [0.15, 0.2) is 109 Å². The molecule has 2 heterocycles. The van der Waals surface area contributed by atoms with E-state index in [2.05, 4.69) is 148 Å². The molecule has 0 fully saturated rings. The van der Waals surface area contributed by atoms with Crippen LogP contribution in [-0.2, 0) is 42.7 Å². The molecule has 2 aromatic heterocycles. The van der Waals surface area contributed by atoms with E-state index in [1.54, 1.807) is 0 Å². The molecule has 0 radical (unpaired) electrons. The third-order valence-corrected chi connectivity index (χ3v) is 11.9. The van der Waals surface area contributed by atoms with Crippen molar-refractivity contribution in [1.82, 2.24) is 9.97 Å². The maximum absolute atomic E-state index is 12.2. The second kappa shape index (κ2) is 14.5. The molecular formula is C52H53N2O2Pt-. The Morgan fingerprint density at radius 3 is 1.98 bits per heavy atom. The van der Waals surface area contributed by atoms with E-state index >= 15 is 0 Å². The number of aromatic hydroxyl groups is 1. The molecule has 0 atom stereocenters. The summed E-state index contributed by atoms with van der Waals surface area (Å²) >= 11 is 0. The van der Waals surface area contributed by atoms with Crippen LogP contribution in [0.2, 0.25) is 0 Å². The van der Waals surface area contributed by atoms with Gasteiger partial charge >= 0.3 is 0 Å². The number of rotatable bonds is 5. The second-order valence-corrected chi connectivity index (χ2v) is 19.1. The first-order valence-electron chi connectivity index (χ1n) is 19.9. The fourth-order valence-electron chi connectivity index (χ4n) is 8.38. The normalized spacial score (nSPS) is 14.9. The molecule has 8 rings (SSSR count). The van der Waals surface area contributed by atoms with Gasteiger partial charge in [0.05, 0.1) is 5.69 Å². The SMILES string of the molecule is CC(C)(C)c1cc(Oc2cc3cc4c(cc3c(-c3cc(C(C)(C)C)c5ccccc5c3O)n2)C(C)(C)CCC4(C)C)[c-]c(-c2cc(-c3ccccc3)ccn2)c1.[Pt]. The van der Waals surface area contributed by atoms with Gasteiger partial charge in [-0.3, -0.25) is 0 Å². The number of benzene rings is 5. The average molecular weight is 933 g/mol. The molecule has 1 N–H and O–H groups in total. The Labute approximate surface area is 353 Å². The van der Waals surface area contributed by atoms with Crippen molar-refractivity contribution in [3.63, 3.8) is 0 Å². The summed E-state index contributed by atoms with van der Waals surface area (Å²) in [6.07, 6.45) is 4.07. The maximum Gasteiger partial charge on any atom is 0.218 e. The van der Waals surface area contributed by atoms with Crippen molar-refractivity contribution in [2.75, 3.05) is 0 Å². The van der Waals surface area contributed by atoms with Crippen molar-refractivity contribution in [1.29, 1.82) is 0 Å². The largest absolute Gasteiger partial charge is 0.507 e. The number of aromatic nitrogens is 2. The van der Waals surface area contributed by atoms with E-state index in [4.69, 9.17) is 14.7 Å². The molecule has 0 saturated carbocycles. The number of ether oxygens (including phenoxy) is 1. The van der Waals surface area contributed by atoms with E-state index in [1.807, 2.05) is 36.5 Å². The van der Waals surface area contributed by atoms with Crippen LogP contribution < -0.4 is 4.74 Å². The van der Waals surface area contributed by atoms with Gasteiger partial charge in [0, 0.05) is 55.4 Å². The van der Waals surface area contributed by atoms with Gasteiger partial charge in [-0.25, -0.2) is 4.98 Å². The smallest absolute Gasteiger partial charge is 0.218 e. The quantitative estimate of drug-likeness (QED) is 0.175. The van der Waals surface area contributed by atoms with Gasteiger partial charge in [-0.05, 0) is 97.0 Å². The van der Waals surface area contributed by atoms with Gasteiger partial charge in [0.1, 0.15) is 5.75 Å². The molecule has 0 aliphatic heterocycles. The summed E-state index contributed by atoms with van der Waals surface area (Å²) in [5.41, 5.74) is 9.93. The third-order valence-electron chi connectivity index (χ3n) is 11.9. The predicted molar refractivity (Wildman–Crippen MR) is 233 cm³/mol. The number of hydrogen-bond acceptors (Lipinski definition) is 4. The Hall–Kier alpha value is -4.79. The van der Waals surface area contributed by atoms with Crippen molar-refractivity contribution in [3.8, 4) is 51.0 Å². The fraction of sp³-hybridized carbons (Fsp3) is 0.308. The molecule has 0 bridgehead atoms. The molecule has 0 unspecified atom stereocenters. The van der Waals surface area contributed by atoms with Gasteiger partial charge in [-0.15, -0.1) is 17.2 Å². The van der Waals surface area contributed by atoms with Crippen LogP contribution in [0, 0.1) is 6.07 Å². The fourth-order valence-corrected chi connectivity index (χ4v) is 8.38. The molecule has 0 amide bonds. The number of hydrogen-bond donors (Lipinski definition) is 1. The van der Waals surface area contributed by atoms with E-state index in [-0.39, 0.29) is 48.5 Å². The molecule has 4 nitrogen and oxygen atoms in total. The standard InChI is InChI=1S/C52H53N2O2.Pt/c1-49(2,3)36-24-35(45-27-33(20-23-53-45)32-16-12-11-13-17-32)25-37(29-36)56-46-28-34-26-43-44(52(9,10)22-21-51(43,7)8)30-40(34)47(54-46)41-31-42(50(4,5)6)38-18-14-15-19-39(38)48(41)55;/h11-20,23-24,26-31,55H,21-22H2,1-10H3;/q-1;. The summed E-state index contributed by atoms with van der Waals surface area (Å²) in [6, 6.07) is 39.4. The van der Waals surface area contributed by atoms with Crippen molar-refractivity contribution in [2.45, 2.75) is 104 Å². The summed E-state index contributed by atoms with van der Waals surface area (Å²) in [5.74, 6) is 1.24. The number of fused-ring (bicyclic) bond motifs is 3. The van der Waals surface area contributed by atoms with Gasteiger partial charge in [0.15, 0.2) is 0 Å². The van der Waals surface area contributed by atoms with Gasteiger partial charge in [-0.1, -0.05) is 148 Å². The first kappa shape index (κ1) is 40.4. The minimum Gasteiger partial charge on any atom is -0.507 e. The van der Waals surface area contributed by atoms with Gasteiger partial charge in [0.25, 0.3) is 0 Å². The predicted octanol–water partition coefficient (Wildman–Crippen LogP) is 14.0. The van der Waals surface area contributed by atoms with E-state index in [9.17, 15) is 5.11 Å². The Kier molecular flexibility index (Phi) is 10.3. The number of pyridine rings is 2. The molecule has 7 aromatic rings. The number of phenols is 1. The van der Waals surface area contributed by atoms with Crippen LogP contribution >= 0.6 is 0 Å². The van der Waals surface area contributed by atoms with Crippen LogP contribution in [0.25, 0.3) is 55.2 Å². The summed E-state index contributed by atoms with van der Waals surface area (Å²) < 4.78 is 6.85. The Morgan fingerprint density at radius 2 is 1.32 bits per heavy atom. The molecule has 57 heavy (non-hydrogen) atoms. The molecular weight excluding hydrogens is 880 g/mol. The van der Waals surface area contributed by atoms with E-state index in [0.717, 1.165) is 67.9 Å². The second-order valence-electron chi connectivity index (χ2n) is 19.1. The zero-order valence-corrected chi connectivity index (χ0v) is 37.1. The van der Waals surface area contributed by atoms with Gasteiger partial charge in [0.2, 0.25) is 5.88 Å². The molecule has 5 aromatic carbocycles. The number of phenolic OH excluding ortho intramolecular Hbond substituents is 1. The van der Waals surface area contributed by atoms with Crippen LogP contribution in [0.4, 0.5) is 0 Å². The van der Waals surface area contributed by atoms with E-state index < -0.39 is 0 Å². The van der Waals surface area contributed by atoms with E-state index in [0.29, 0.717) is 22.9 Å². The van der Waals surface area contributed by atoms with Gasteiger partial charge in [-0.2, -0.15) is 0 Å². The zero-order chi connectivity index (χ0) is 39.8. The van der Waals surface area contributed by atoms with Crippen LogP contribution in [0.1, 0.15) is 104 Å². The Bertz CT molecular complexity index is 2650. The van der Waals surface area contributed by atoms with Crippen molar-refractivity contribution in [2.24, 2.45) is 0 Å². The van der Waals surface area contributed by atoms with E-state index in [1.165, 1.54) is 11.1 Å². The minimum absolute atomic E-state index is 0. The molecule has 0 saturated heterocycles. The van der Waals surface area contributed by atoms with Gasteiger partial charge < -0.3 is 14.8 Å². The first-order chi connectivity index (χ1) is 26.4. The molecule has 5 heteroatoms. The zero-order valence-electron chi connectivity index (χ0n) is 34.9. The number of nitrogens with zero attached hydrogens (tertiary/aromatic N) is 2. The van der Waals surface area contributed by atoms with Crippen LogP contribution in [-0.4, -0.2) is 15.1 Å². The Morgan fingerprint density at radius 1 is 0.667 bits per heavy atom. The Balaban J connectivity index is 0.00000496. The van der Waals surface area contributed by atoms with Crippen molar-refractivity contribution < 1.29 is 30.9 Å². The summed E-state index contributed by atoms with van der Waals surface area (Å²) in [5, 5.41) is 16.1. The van der Waals surface area contributed by atoms with Crippen molar-refractivity contribution in [3.05, 3.63) is 138 Å². The van der Waals surface area contributed by atoms with Crippen LogP contribution in [0.3, 0.4) is 0 Å². The molecule has 1 aliphatic carbocycles. The molecule has 294 valence electrons. The maximum atomic E-state index is 12.2. The first-order valence-corrected chi connectivity index (χ1v) is 19.9. The van der Waals surface area contributed by atoms with Crippen LogP contribution in [0.5, 0.6) is 17.4 Å². The van der Waals surface area contributed by atoms with Crippen molar-refractivity contribution >= 4 is 21.5 Å². The topological polar surface area (TPSA) is 55.2 Å². The molecule has 1 aliphatic rings. The molecule has 0 spiro atoms. The summed E-state index contributed by atoms with van der Waals surface area (Å²) in [7, 11) is 0. The summed E-state index contributed by atoms with van der Waals surface area (Å²) in [4.78, 5) is 10.1. The summed E-state index contributed by atoms with van der Waals surface area (Å²) in [6.45, 7) is 22.7. The third kappa shape index (κ3) is 7.66. The average Bonchev–Trinajstić information content (AvgIpc) is 3.16.